The first-order valence-corrected chi connectivity index (χ1v) is 12.8. The first-order chi connectivity index (χ1) is 17.3. The number of hydrogen-bond acceptors (Lipinski definition) is 6. The zero-order chi connectivity index (χ0) is 25.8. The predicted octanol–water partition coefficient (Wildman–Crippen LogP) is 5.66. The molecule has 2 aromatic rings. The van der Waals surface area contributed by atoms with Gasteiger partial charge in [-0.1, -0.05) is 78.5 Å². The Morgan fingerprint density at radius 3 is 2.61 bits per heavy atom. The predicted molar refractivity (Wildman–Crippen MR) is 145 cm³/mol. The van der Waals surface area contributed by atoms with E-state index in [1.807, 2.05) is 74.5 Å². The third-order valence-corrected chi connectivity index (χ3v) is 7.18. The van der Waals surface area contributed by atoms with Crippen LogP contribution in [0.15, 0.2) is 88.6 Å². The van der Waals surface area contributed by atoms with Crippen molar-refractivity contribution in [2.75, 3.05) is 13.7 Å². The second-order valence-electron chi connectivity index (χ2n) is 9.05. The van der Waals surface area contributed by atoms with Crippen molar-refractivity contribution in [1.29, 1.82) is 0 Å². The van der Waals surface area contributed by atoms with Crippen LogP contribution in [0, 0.1) is 13.8 Å². The summed E-state index contributed by atoms with van der Waals surface area (Å²) in [4.78, 5) is 35.0. The highest BCUT2D eigenvalue weighted by Crippen LogP contribution is 2.45. The molecule has 4 rings (SSSR count). The maximum absolute atomic E-state index is 13.2. The highest BCUT2D eigenvalue weighted by Gasteiger charge is 2.41. The Morgan fingerprint density at radius 1 is 1.17 bits per heavy atom. The molecule has 2 aliphatic rings. The number of thioether (sulfide) groups is 1. The highest BCUT2D eigenvalue weighted by atomic mass is 32.2. The van der Waals surface area contributed by atoms with E-state index in [0.29, 0.717) is 17.8 Å². The number of carbonyl (C=O) groups excluding carboxylic acids is 2. The largest absolute Gasteiger partial charge is 0.458 e. The number of esters is 1. The molecule has 0 fully saturated rings. The van der Waals surface area contributed by atoms with E-state index >= 15 is 0 Å². The molecule has 0 aliphatic carbocycles. The number of ether oxygens (including phenoxy) is 1. The quantitative estimate of drug-likeness (QED) is 0.345. The fraction of sp³-hybridized carbons (Fsp3) is 0.276. The molecule has 7 heteroatoms. The minimum atomic E-state index is -0.441. The van der Waals surface area contributed by atoms with E-state index in [4.69, 9.17) is 9.73 Å². The molecule has 186 valence electrons. The summed E-state index contributed by atoms with van der Waals surface area (Å²) in [6.45, 7) is 10.2. The number of benzene rings is 2. The van der Waals surface area contributed by atoms with Crippen LogP contribution >= 0.6 is 11.8 Å². The van der Waals surface area contributed by atoms with E-state index in [1.165, 1.54) is 11.8 Å². The molecule has 1 atom stereocenters. The number of allylic oxidation sites excluding steroid dienone is 1. The van der Waals surface area contributed by atoms with Gasteiger partial charge in [-0.2, -0.15) is 0 Å². The number of fused-ring (bicyclic) bond motifs is 1. The van der Waals surface area contributed by atoms with Gasteiger partial charge in [-0.15, -0.1) is 0 Å². The third-order valence-electron chi connectivity index (χ3n) is 6.29. The van der Waals surface area contributed by atoms with Gasteiger partial charge in [0.25, 0.3) is 0 Å². The normalized spacial score (nSPS) is 16.8. The van der Waals surface area contributed by atoms with Crippen molar-refractivity contribution in [3.8, 4) is 0 Å². The number of amidine groups is 1. The van der Waals surface area contributed by atoms with Gasteiger partial charge in [-0.3, -0.25) is 4.79 Å². The van der Waals surface area contributed by atoms with Crippen LogP contribution in [0.1, 0.15) is 41.6 Å². The summed E-state index contributed by atoms with van der Waals surface area (Å²) in [7, 11) is 1.81. The molecule has 0 aromatic heterocycles. The molecule has 1 unspecified atom stereocenters. The van der Waals surface area contributed by atoms with E-state index in [2.05, 4.69) is 18.7 Å². The summed E-state index contributed by atoms with van der Waals surface area (Å²) in [6.07, 6.45) is 1.75. The van der Waals surface area contributed by atoms with Crippen molar-refractivity contribution in [3.63, 3.8) is 0 Å². The van der Waals surface area contributed by atoms with Gasteiger partial charge in [0.05, 0.1) is 23.7 Å². The molecular formula is C29H31N3O3S. The highest BCUT2D eigenvalue weighted by molar-refractivity contribution is 8.16. The number of carbonyl (C=O) groups is 2. The first-order valence-electron chi connectivity index (χ1n) is 11.9. The van der Waals surface area contributed by atoms with Gasteiger partial charge < -0.3 is 14.5 Å². The van der Waals surface area contributed by atoms with Crippen molar-refractivity contribution in [2.24, 2.45) is 4.99 Å². The molecule has 0 bridgehead atoms. The number of rotatable bonds is 8. The van der Waals surface area contributed by atoms with Crippen molar-refractivity contribution in [3.05, 3.63) is 106 Å². The molecule has 36 heavy (non-hydrogen) atoms. The van der Waals surface area contributed by atoms with Gasteiger partial charge in [0.15, 0.2) is 5.17 Å². The lowest BCUT2D eigenvalue weighted by Crippen LogP contribution is -2.38. The number of aryl methyl sites for hydroxylation is 2. The molecule has 2 aliphatic heterocycles. The van der Waals surface area contributed by atoms with Crippen LogP contribution in [0.5, 0.6) is 0 Å². The average Bonchev–Trinajstić information content (AvgIpc) is 3.24. The van der Waals surface area contributed by atoms with Crippen molar-refractivity contribution in [2.45, 2.75) is 39.8 Å². The summed E-state index contributed by atoms with van der Waals surface area (Å²) < 4.78 is 5.47. The van der Waals surface area contributed by atoms with Crippen molar-refractivity contribution >= 4 is 28.8 Å². The Balaban J connectivity index is 1.67. The number of amides is 1. The fourth-order valence-electron chi connectivity index (χ4n) is 4.51. The van der Waals surface area contributed by atoms with E-state index in [0.717, 1.165) is 33.1 Å². The van der Waals surface area contributed by atoms with E-state index in [9.17, 15) is 9.59 Å². The van der Waals surface area contributed by atoms with Crippen LogP contribution < -0.4 is 0 Å². The van der Waals surface area contributed by atoms with Gasteiger partial charge in [0.1, 0.15) is 6.61 Å². The summed E-state index contributed by atoms with van der Waals surface area (Å²) in [5.41, 5.74) is 6.17. The number of hydrogen-bond donors (Lipinski definition) is 0. The molecule has 0 radical (unpaired) electrons. The molecule has 2 heterocycles. The van der Waals surface area contributed by atoms with Crippen LogP contribution in [0.2, 0.25) is 0 Å². The van der Waals surface area contributed by atoms with Gasteiger partial charge >= 0.3 is 5.97 Å². The zero-order valence-electron chi connectivity index (χ0n) is 21.2. The average molecular weight is 502 g/mol. The number of aliphatic imine (C=N–C) groups is 1. The Labute approximate surface area is 217 Å². The topological polar surface area (TPSA) is 62.2 Å². The Kier molecular flexibility index (Phi) is 7.79. The van der Waals surface area contributed by atoms with Crippen LogP contribution in [-0.4, -0.2) is 40.5 Å². The molecule has 0 spiro atoms. The fourth-order valence-corrected chi connectivity index (χ4v) is 5.47. The first kappa shape index (κ1) is 25.5. The second-order valence-corrected chi connectivity index (χ2v) is 9.89. The smallest absolute Gasteiger partial charge is 0.338 e. The maximum Gasteiger partial charge on any atom is 0.338 e. The summed E-state index contributed by atoms with van der Waals surface area (Å²) in [6, 6.07) is 15.7. The van der Waals surface area contributed by atoms with Crippen LogP contribution in [0.25, 0.3) is 0 Å². The van der Waals surface area contributed by atoms with Crippen LogP contribution in [-0.2, 0) is 20.9 Å². The Morgan fingerprint density at radius 2 is 1.92 bits per heavy atom. The maximum atomic E-state index is 13.2. The second kappa shape index (κ2) is 11.0. The molecule has 6 nitrogen and oxygen atoms in total. The molecule has 2 aromatic carbocycles. The van der Waals surface area contributed by atoms with E-state index in [1.54, 1.807) is 11.0 Å². The SMILES string of the molecule is C=CCOC(=O)C1=C(C)N=C2SC=C(CC(=O)N(C)Cc3ccccc3)N2C1c1ccc(C)cc1C. The van der Waals surface area contributed by atoms with Crippen LogP contribution in [0.4, 0.5) is 0 Å². The number of nitrogens with zero attached hydrogens (tertiary/aromatic N) is 3. The van der Waals surface area contributed by atoms with Gasteiger partial charge in [0, 0.05) is 19.3 Å². The third kappa shape index (κ3) is 5.31. The molecule has 0 saturated carbocycles. The summed E-state index contributed by atoms with van der Waals surface area (Å²) in [5.74, 6) is -0.433. The minimum absolute atomic E-state index is 0.00612. The van der Waals surface area contributed by atoms with E-state index in [-0.39, 0.29) is 18.9 Å². The molecule has 0 saturated heterocycles. The standard InChI is InChI=1S/C29H31N3O3S/c1-6-14-35-28(34)26-21(4)30-29-32(27(26)24-13-12-19(2)15-20(24)3)23(18-36-29)16-25(33)31(5)17-22-10-8-7-9-11-22/h6-13,15,18,27H,1,14,16-17H2,2-5H3. The molecular weight excluding hydrogens is 470 g/mol. The van der Waals surface area contributed by atoms with Crippen molar-refractivity contribution in [1.82, 2.24) is 9.80 Å². The van der Waals surface area contributed by atoms with Gasteiger partial charge in [-0.05, 0) is 42.9 Å². The Bertz CT molecular complexity index is 1280. The lowest BCUT2D eigenvalue weighted by molar-refractivity contribution is -0.138. The van der Waals surface area contributed by atoms with Crippen molar-refractivity contribution < 1.29 is 14.3 Å². The molecule has 1 amide bonds. The van der Waals surface area contributed by atoms with Gasteiger partial charge in [-0.25, -0.2) is 9.79 Å². The zero-order valence-corrected chi connectivity index (χ0v) is 22.0. The van der Waals surface area contributed by atoms with Crippen LogP contribution in [0.3, 0.4) is 0 Å². The van der Waals surface area contributed by atoms with Gasteiger partial charge in [0.2, 0.25) is 5.91 Å². The minimum Gasteiger partial charge on any atom is -0.458 e. The van der Waals surface area contributed by atoms with E-state index < -0.39 is 12.0 Å². The lowest BCUT2D eigenvalue weighted by Gasteiger charge is -2.37. The lowest BCUT2D eigenvalue weighted by atomic mass is 9.90. The summed E-state index contributed by atoms with van der Waals surface area (Å²) >= 11 is 1.48. The monoisotopic (exact) mass is 501 g/mol. The molecule has 0 N–H and O–H groups in total. The summed E-state index contributed by atoms with van der Waals surface area (Å²) in [5, 5.41) is 2.72. The Hall–Kier alpha value is -3.58.